The summed E-state index contributed by atoms with van der Waals surface area (Å²) in [5.41, 5.74) is 0.189. The summed E-state index contributed by atoms with van der Waals surface area (Å²) in [6.45, 7) is 7.29. The molecule has 2 saturated heterocycles. The van der Waals surface area contributed by atoms with Gasteiger partial charge in [0.25, 0.3) is 5.91 Å². The Morgan fingerprint density at radius 2 is 1.93 bits per heavy atom. The first-order valence-corrected chi connectivity index (χ1v) is 14.5. The number of piperidine rings is 1. The average Bonchev–Trinajstić information content (AvgIpc) is 3.72. The molecule has 2 aromatic rings. The number of nitriles is 1. The third kappa shape index (κ3) is 6.44. The van der Waals surface area contributed by atoms with E-state index in [4.69, 9.17) is 13.9 Å². The molecular weight excluding hydrogens is 543 g/mol. The van der Waals surface area contributed by atoms with Crippen molar-refractivity contribution in [3.63, 3.8) is 0 Å². The molecular formula is C31H37FN4O6. The second kappa shape index (κ2) is 12.1. The molecule has 1 aliphatic carbocycles. The number of aryl methyl sites for hydroxylation is 1. The summed E-state index contributed by atoms with van der Waals surface area (Å²) in [7, 11) is 0. The number of fused-ring (bicyclic) bond motifs is 2. The number of halogens is 1. The summed E-state index contributed by atoms with van der Waals surface area (Å²) < 4.78 is 31.6. The van der Waals surface area contributed by atoms with Gasteiger partial charge < -0.3 is 24.1 Å². The van der Waals surface area contributed by atoms with Gasteiger partial charge in [-0.05, 0) is 82.6 Å². The van der Waals surface area contributed by atoms with E-state index in [2.05, 4.69) is 11.4 Å². The van der Waals surface area contributed by atoms with Crippen LogP contribution in [0.15, 0.2) is 34.7 Å². The molecule has 10 nitrogen and oxygen atoms in total. The fourth-order valence-corrected chi connectivity index (χ4v) is 6.06. The number of morpholine rings is 1. The maximum absolute atomic E-state index is 15.1. The van der Waals surface area contributed by atoms with Crippen LogP contribution in [0.2, 0.25) is 0 Å². The Bertz CT molecular complexity index is 1370. The summed E-state index contributed by atoms with van der Waals surface area (Å²) in [5, 5.41) is 12.5. The van der Waals surface area contributed by atoms with Crippen LogP contribution in [0.1, 0.15) is 62.6 Å². The Labute approximate surface area is 244 Å². The fourth-order valence-electron chi connectivity index (χ4n) is 6.06. The van der Waals surface area contributed by atoms with Crippen LogP contribution in [0.5, 0.6) is 0 Å². The number of nitrogens with zero attached hydrogens (tertiary/aromatic N) is 3. The van der Waals surface area contributed by atoms with E-state index in [1.165, 1.54) is 11.0 Å². The van der Waals surface area contributed by atoms with Gasteiger partial charge in [0.05, 0.1) is 19.3 Å². The van der Waals surface area contributed by atoms with Crippen molar-refractivity contribution in [3.8, 4) is 17.4 Å². The second-order valence-electron chi connectivity index (χ2n) is 12.2. The number of ether oxygens (including phenoxy) is 2. The zero-order chi connectivity index (χ0) is 30.0. The quantitative estimate of drug-likeness (QED) is 0.518. The number of carbonyl (C=O) groups excluding carboxylic acids is 3. The number of furan rings is 1. The number of benzene rings is 1. The van der Waals surface area contributed by atoms with Crippen molar-refractivity contribution in [2.45, 2.75) is 76.6 Å². The first-order valence-electron chi connectivity index (χ1n) is 14.5. The number of likely N-dealkylation sites (tertiary alicyclic amines) is 1. The van der Waals surface area contributed by atoms with E-state index in [0.29, 0.717) is 43.2 Å². The van der Waals surface area contributed by atoms with E-state index in [1.54, 1.807) is 49.9 Å². The second-order valence-corrected chi connectivity index (χ2v) is 12.2. The normalized spacial score (nSPS) is 22.5. The standard InChI is InChI=1S/C31H37FN4O6/c1-31(2,3)42-30(39)36-23-9-7-21(16-23)27(36)28(37)34-22(18-33)8-6-19-4-5-20(17-24(19)32)25-10-11-26(41-25)29(38)35-12-14-40-15-13-35/h4-5,10-11,17,21-23,27H,6-9,12-16H2,1-3H3,(H,34,37). The van der Waals surface area contributed by atoms with Crippen molar-refractivity contribution in [2.75, 3.05) is 26.3 Å². The zero-order valence-electron chi connectivity index (χ0n) is 24.2. The Morgan fingerprint density at radius 1 is 1.17 bits per heavy atom. The molecule has 5 rings (SSSR count). The van der Waals surface area contributed by atoms with Crippen LogP contribution in [-0.2, 0) is 20.7 Å². The number of hydrogen-bond acceptors (Lipinski definition) is 7. The molecule has 1 aromatic carbocycles. The van der Waals surface area contributed by atoms with Crippen molar-refractivity contribution >= 4 is 17.9 Å². The van der Waals surface area contributed by atoms with E-state index in [1.807, 2.05) is 0 Å². The molecule has 3 aliphatic rings. The molecule has 4 unspecified atom stereocenters. The van der Waals surface area contributed by atoms with Crippen molar-refractivity contribution in [3.05, 3.63) is 47.5 Å². The van der Waals surface area contributed by atoms with Crippen LogP contribution < -0.4 is 5.32 Å². The van der Waals surface area contributed by atoms with Crippen LogP contribution >= 0.6 is 0 Å². The summed E-state index contributed by atoms with van der Waals surface area (Å²) in [6, 6.07) is 8.40. The van der Waals surface area contributed by atoms with Gasteiger partial charge >= 0.3 is 6.09 Å². The molecule has 42 heavy (non-hydrogen) atoms. The van der Waals surface area contributed by atoms with E-state index in [-0.39, 0.29) is 42.4 Å². The van der Waals surface area contributed by atoms with Gasteiger partial charge in [-0.15, -0.1) is 0 Å². The molecule has 0 spiro atoms. The molecule has 2 aliphatic heterocycles. The maximum Gasteiger partial charge on any atom is 0.411 e. The highest BCUT2D eigenvalue weighted by Crippen LogP contribution is 2.43. The summed E-state index contributed by atoms with van der Waals surface area (Å²) in [5.74, 6) is -0.499. The largest absolute Gasteiger partial charge is 0.451 e. The molecule has 3 fully saturated rings. The number of nitrogens with one attached hydrogen (secondary N) is 1. The highest BCUT2D eigenvalue weighted by molar-refractivity contribution is 5.92. The van der Waals surface area contributed by atoms with Gasteiger partial charge in [0.15, 0.2) is 5.76 Å². The van der Waals surface area contributed by atoms with Crippen molar-refractivity contribution < 1.29 is 32.7 Å². The zero-order valence-corrected chi connectivity index (χ0v) is 24.2. The highest BCUT2D eigenvalue weighted by atomic mass is 19.1. The third-order valence-corrected chi connectivity index (χ3v) is 8.09. The monoisotopic (exact) mass is 580 g/mol. The van der Waals surface area contributed by atoms with E-state index >= 15 is 4.39 Å². The van der Waals surface area contributed by atoms with Gasteiger partial charge in [-0.1, -0.05) is 12.1 Å². The lowest BCUT2D eigenvalue weighted by Gasteiger charge is -2.35. The van der Waals surface area contributed by atoms with Crippen LogP contribution in [0.25, 0.3) is 11.3 Å². The van der Waals surface area contributed by atoms with Gasteiger partial charge in [-0.25, -0.2) is 9.18 Å². The number of rotatable bonds is 7. The molecule has 0 radical (unpaired) electrons. The number of hydrogen-bond donors (Lipinski definition) is 1. The van der Waals surface area contributed by atoms with Crippen molar-refractivity contribution in [1.29, 1.82) is 5.26 Å². The maximum atomic E-state index is 15.1. The Balaban J connectivity index is 1.19. The Morgan fingerprint density at radius 3 is 2.62 bits per heavy atom. The molecule has 3 heterocycles. The average molecular weight is 581 g/mol. The van der Waals surface area contributed by atoms with Gasteiger partial charge in [0.1, 0.15) is 29.3 Å². The van der Waals surface area contributed by atoms with E-state index in [0.717, 1.165) is 19.3 Å². The van der Waals surface area contributed by atoms with E-state index < -0.39 is 29.6 Å². The lowest BCUT2D eigenvalue weighted by Crippen LogP contribution is -2.55. The fraction of sp³-hybridized carbons (Fsp3) is 0.548. The summed E-state index contributed by atoms with van der Waals surface area (Å²) in [6.07, 6.45) is 2.31. The highest BCUT2D eigenvalue weighted by Gasteiger charge is 2.52. The van der Waals surface area contributed by atoms with Crippen molar-refractivity contribution in [1.82, 2.24) is 15.1 Å². The molecule has 2 bridgehead atoms. The van der Waals surface area contributed by atoms with Crippen LogP contribution in [0, 0.1) is 23.1 Å². The topological polar surface area (TPSA) is 125 Å². The van der Waals surface area contributed by atoms with Crippen LogP contribution in [-0.4, -0.2) is 77.7 Å². The van der Waals surface area contributed by atoms with Gasteiger partial charge in [0, 0.05) is 24.7 Å². The molecule has 4 atom stereocenters. The smallest absolute Gasteiger partial charge is 0.411 e. The Kier molecular flexibility index (Phi) is 8.55. The minimum atomic E-state index is -0.852. The molecule has 11 heteroatoms. The van der Waals surface area contributed by atoms with E-state index in [9.17, 15) is 19.6 Å². The van der Waals surface area contributed by atoms with Crippen LogP contribution in [0.4, 0.5) is 9.18 Å². The third-order valence-electron chi connectivity index (χ3n) is 8.09. The lowest BCUT2D eigenvalue weighted by molar-refractivity contribution is -0.128. The predicted octanol–water partition coefficient (Wildman–Crippen LogP) is 4.29. The first-order chi connectivity index (χ1) is 20.0. The Hall–Kier alpha value is -3.91. The van der Waals surface area contributed by atoms with Gasteiger partial charge in [-0.2, -0.15) is 5.26 Å². The summed E-state index contributed by atoms with van der Waals surface area (Å²) >= 11 is 0. The molecule has 224 valence electrons. The molecule has 1 saturated carbocycles. The van der Waals surface area contributed by atoms with Crippen molar-refractivity contribution in [2.24, 2.45) is 5.92 Å². The molecule has 1 N–H and O–H groups in total. The van der Waals surface area contributed by atoms with Crippen LogP contribution in [0.3, 0.4) is 0 Å². The number of carbonyl (C=O) groups is 3. The molecule has 1 aromatic heterocycles. The minimum absolute atomic E-state index is 0.0260. The molecule has 3 amide bonds. The first kappa shape index (κ1) is 29.6. The summed E-state index contributed by atoms with van der Waals surface area (Å²) in [4.78, 5) is 42.0. The SMILES string of the molecule is CC(C)(C)OC(=O)N1C2CCC(C2)C1C(=O)NC(C#N)CCc1ccc(-c2ccc(C(=O)N3CCOCC3)o2)cc1F. The van der Waals surface area contributed by atoms with Gasteiger partial charge in [-0.3, -0.25) is 14.5 Å². The van der Waals surface area contributed by atoms with Gasteiger partial charge in [0.2, 0.25) is 5.91 Å². The minimum Gasteiger partial charge on any atom is -0.451 e. The number of amides is 3. The lowest BCUT2D eigenvalue weighted by atomic mass is 9.97. The predicted molar refractivity (Wildman–Crippen MR) is 150 cm³/mol.